The Labute approximate surface area is 134 Å². The van der Waals surface area contributed by atoms with E-state index in [1.807, 2.05) is 49.4 Å². The predicted molar refractivity (Wildman–Crippen MR) is 85.2 cm³/mol. The van der Waals surface area contributed by atoms with Crippen LogP contribution in [0.1, 0.15) is 19.8 Å². The van der Waals surface area contributed by atoms with Crippen LogP contribution in [0, 0.1) is 0 Å². The Kier molecular flexibility index (Phi) is 6.17. The highest BCUT2D eigenvalue weighted by Crippen LogP contribution is 2.29. The summed E-state index contributed by atoms with van der Waals surface area (Å²) in [5.41, 5.74) is 1.62. The van der Waals surface area contributed by atoms with Gasteiger partial charge in [0.15, 0.2) is 0 Å². The number of hydrogen-bond donors (Lipinski definition) is 0. The summed E-state index contributed by atoms with van der Waals surface area (Å²) >= 11 is 0. The molecule has 2 aromatic rings. The molecule has 0 bridgehead atoms. The maximum Gasteiger partial charge on any atom is 0.524 e. The summed E-state index contributed by atoms with van der Waals surface area (Å²) in [5, 5.41) is 0. The van der Waals surface area contributed by atoms with Crippen LogP contribution in [0.2, 0.25) is 0 Å². The van der Waals surface area contributed by atoms with E-state index < -0.39 is 12.3 Å². The average molecular weight is 314 g/mol. The van der Waals surface area contributed by atoms with Gasteiger partial charge in [0.05, 0.1) is 6.61 Å². The molecule has 23 heavy (non-hydrogen) atoms. The van der Waals surface area contributed by atoms with Crippen molar-refractivity contribution in [2.24, 2.45) is 0 Å². The maximum atomic E-state index is 11.7. The zero-order chi connectivity index (χ0) is 16.5. The Morgan fingerprint density at radius 2 is 1.61 bits per heavy atom. The number of ether oxygens (including phenoxy) is 3. The minimum Gasteiger partial charge on any atom is -0.434 e. The first-order valence-electron chi connectivity index (χ1n) is 7.41. The van der Waals surface area contributed by atoms with Crippen molar-refractivity contribution in [2.75, 3.05) is 6.61 Å². The number of carbonyl (C=O) groups is 2. The smallest absolute Gasteiger partial charge is 0.434 e. The number of benzene rings is 2. The van der Waals surface area contributed by atoms with E-state index in [9.17, 15) is 9.59 Å². The third kappa shape index (κ3) is 5.14. The predicted octanol–water partition coefficient (Wildman–Crippen LogP) is 4.81. The highest BCUT2D eigenvalue weighted by atomic mass is 16.8. The molecule has 0 aromatic heterocycles. The molecule has 0 saturated carbocycles. The molecule has 2 rings (SSSR count). The van der Waals surface area contributed by atoms with E-state index in [1.165, 1.54) is 0 Å². The highest BCUT2D eigenvalue weighted by Gasteiger charge is 2.16. The Hall–Kier alpha value is -2.82. The first-order chi connectivity index (χ1) is 11.2. The normalized spacial score (nSPS) is 9.96. The van der Waals surface area contributed by atoms with Gasteiger partial charge in [-0.3, -0.25) is 0 Å². The van der Waals surface area contributed by atoms with Crippen molar-refractivity contribution in [2.45, 2.75) is 19.8 Å². The molecule has 0 aliphatic rings. The van der Waals surface area contributed by atoms with Crippen LogP contribution in [-0.4, -0.2) is 18.9 Å². The lowest BCUT2D eigenvalue weighted by atomic mass is 10.1. The molecule has 0 saturated heterocycles. The first-order valence-corrected chi connectivity index (χ1v) is 7.41. The molecule has 0 N–H and O–H groups in total. The number of para-hydroxylation sites is 1. The number of hydrogen-bond acceptors (Lipinski definition) is 5. The summed E-state index contributed by atoms with van der Waals surface area (Å²) < 4.78 is 14.3. The van der Waals surface area contributed by atoms with E-state index in [4.69, 9.17) is 9.47 Å². The topological polar surface area (TPSA) is 61.8 Å². The molecule has 0 heterocycles. The van der Waals surface area contributed by atoms with Crippen molar-refractivity contribution in [3.8, 4) is 16.9 Å². The monoisotopic (exact) mass is 314 g/mol. The Bertz CT molecular complexity index is 651. The molecule has 0 aliphatic carbocycles. The van der Waals surface area contributed by atoms with E-state index in [0.717, 1.165) is 17.5 Å². The molecule has 0 fully saturated rings. The van der Waals surface area contributed by atoms with Crippen LogP contribution in [0.15, 0.2) is 54.6 Å². The minimum atomic E-state index is -1.12. The Morgan fingerprint density at radius 3 is 2.35 bits per heavy atom. The third-order valence-electron chi connectivity index (χ3n) is 3.05. The Morgan fingerprint density at radius 1 is 0.913 bits per heavy atom. The molecule has 5 heteroatoms. The Balaban J connectivity index is 2.00. The zero-order valence-electron chi connectivity index (χ0n) is 12.9. The number of carbonyl (C=O) groups excluding carboxylic acids is 2. The van der Waals surface area contributed by atoms with Gasteiger partial charge in [-0.05, 0) is 18.1 Å². The van der Waals surface area contributed by atoms with Crippen LogP contribution in [0.5, 0.6) is 5.75 Å². The molecule has 2 aromatic carbocycles. The van der Waals surface area contributed by atoms with Crippen LogP contribution in [0.25, 0.3) is 11.1 Å². The van der Waals surface area contributed by atoms with E-state index in [1.54, 1.807) is 12.1 Å². The lowest BCUT2D eigenvalue weighted by Gasteiger charge is -2.09. The molecular weight excluding hydrogens is 296 g/mol. The van der Waals surface area contributed by atoms with E-state index in [2.05, 4.69) is 4.74 Å². The van der Waals surface area contributed by atoms with E-state index in [-0.39, 0.29) is 6.61 Å². The van der Waals surface area contributed by atoms with Gasteiger partial charge in [-0.1, -0.05) is 61.9 Å². The molecule has 0 atom stereocenters. The lowest BCUT2D eigenvalue weighted by molar-refractivity contribution is 0.0574. The second-order valence-corrected chi connectivity index (χ2v) is 4.77. The van der Waals surface area contributed by atoms with Gasteiger partial charge in [0.1, 0.15) is 5.75 Å². The van der Waals surface area contributed by atoms with Gasteiger partial charge < -0.3 is 14.2 Å². The van der Waals surface area contributed by atoms with Crippen LogP contribution in [0.4, 0.5) is 9.59 Å². The van der Waals surface area contributed by atoms with Crippen molar-refractivity contribution in [3.63, 3.8) is 0 Å². The molecular formula is C18H18O5. The molecule has 0 aliphatic heterocycles. The summed E-state index contributed by atoms with van der Waals surface area (Å²) in [6.07, 6.45) is -0.584. The van der Waals surface area contributed by atoms with Crippen molar-refractivity contribution >= 4 is 12.3 Å². The van der Waals surface area contributed by atoms with Gasteiger partial charge in [0.2, 0.25) is 0 Å². The number of rotatable bonds is 5. The second kappa shape index (κ2) is 8.58. The van der Waals surface area contributed by atoms with Gasteiger partial charge in [-0.15, -0.1) is 0 Å². The van der Waals surface area contributed by atoms with Gasteiger partial charge in [0.25, 0.3) is 0 Å². The minimum absolute atomic E-state index is 0.212. The summed E-state index contributed by atoms with van der Waals surface area (Å²) in [7, 11) is 0. The van der Waals surface area contributed by atoms with Gasteiger partial charge >= 0.3 is 12.3 Å². The van der Waals surface area contributed by atoms with E-state index >= 15 is 0 Å². The SMILES string of the molecule is CCCCOC(=O)OC(=O)Oc1ccccc1-c1ccccc1. The fourth-order valence-electron chi connectivity index (χ4n) is 1.92. The molecule has 0 unspecified atom stereocenters. The highest BCUT2D eigenvalue weighted by molar-refractivity contribution is 5.80. The number of unbranched alkanes of at least 4 members (excludes halogenated alkanes) is 1. The fourth-order valence-corrected chi connectivity index (χ4v) is 1.92. The third-order valence-corrected chi connectivity index (χ3v) is 3.05. The van der Waals surface area contributed by atoms with Gasteiger partial charge in [-0.25, -0.2) is 9.59 Å². The molecule has 0 amide bonds. The summed E-state index contributed by atoms with van der Waals surface area (Å²) in [6, 6.07) is 16.5. The van der Waals surface area contributed by atoms with Crippen LogP contribution < -0.4 is 4.74 Å². The lowest BCUT2D eigenvalue weighted by Crippen LogP contribution is -2.18. The zero-order valence-corrected chi connectivity index (χ0v) is 12.9. The van der Waals surface area contributed by atoms with Crippen molar-refractivity contribution in [3.05, 3.63) is 54.6 Å². The first kappa shape index (κ1) is 16.5. The van der Waals surface area contributed by atoms with Crippen molar-refractivity contribution in [1.82, 2.24) is 0 Å². The molecule has 0 radical (unpaired) electrons. The second-order valence-electron chi connectivity index (χ2n) is 4.77. The standard InChI is InChI=1S/C18H18O5/c1-2-3-13-21-17(19)23-18(20)22-16-12-8-7-11-15(16)14-9-5-4-6-10-14/h4-12H,2-3,13H2,1H3. The average Bonchev–Trinajstić information content (AvgIpc) is 2.56. The molecule has 0 spiro atoms. The van der Waals surface area contributed by atoms with Gasteiger partial charge in [-0.2, -0.15) is 0 Å². The molecule has 120 valence electrons. The van der Waals surface area contributed by atoms with Crippen LogP contribution >= 0.6 is 0 Å². The summed E-state index contributed by atoms with van der Waals surface area (Å²) in [4.78, 5) is 23.0. The summed E-state index contributed by atoms with van der Waals surface area (Å²) in [6.45, 7) is 2.17. The maximum absolute atomic E-state index is 11.7. The summed E-state index contributed by atoms with van der Waals surface area (Å²) in [5.74, 6) is 0.310. The van der Waals surface area contributed by atoms with Crippen LogP contribution in [0.3, 0.4) is 0 Å². The fraction of sp³-hybridized carbons (Fsp3) is 0.222. The molecule has 5 nitrogen and oxygen atoms in total. The largest absolute Gasteiger partial charge is 0.524 e. The van der Waals surface area contributed by atoms with Crippen LogP contribution in [-0.2, 0) is 9.47 Å². The quantitative estimate of drug-likeness (QED) is 0.343. The van der Waals surface area contributed by atoms with Gasteiger partial charge in [0, 0.05) is 5.56 Å². The van der Waals surface area contributed by atoms with Crippen molar-refractivity contribution < 1.29 is 23.8 Å². The van der Waals surface area contributed by atoms with E-state index in [0.29, 0.717) is 12.2 Å². The van der Waals surface area contributed by atoms with Crippen molar-refractivity contribution in [1.29, 1.82) is 0 Å².